The van der Waals surface area contributed by atoms with E-state index in [2.05, 4.69) is 10.2 Å². The van der Waals surface area contributed by atoms with Gasteiger partial charge in [-0.05, 0) is 20.8 Å². The highest BCUT2D eigenvalue weighted by atomic mass is 19.3. The predicted molar refractivity (Wildman–Crippen MR) is 47.9 cm³/mol. The maximum atomic E-state index is 12.5. The molecule has 0 fully saturated rings. The van der Waals surface area contributed by atoms with Crippen LogP contribution in [0.15, 0.2) is 0 Å². The van der Waals surface area contributed by atoms with Crippen molar-refractivity contribution in [3.8, 4) is 0 Å². The summed E-state index contributed by atoms with van der Waals surface area (Å²) in [7, 11) is 0. The molecule has 6 heteroatoms. The van der Waals surface area contributed by atoms with Crippen molar-refractivity contribution in [2.75, 3.05) is 0 Å². The molecule has 0 aromatic carbocycles. The summed E-state index contributed by atoms with van der Waals surface area (Å²) in [6.45, 7) is 5.53. The molecule has 0 spiro atoms. The predicted octanol–water partition coefficient (Wildman–Crippen LogP) is 1.43. The van der Waals surface area contributed by atoms with Crippen LogP contribution in [0.1, 0.15) is 38.8 Å². The van der Waals surface area contributed by atoms with Gasteiger partial charge in [0.15, 0.2) is 0 Å². The Labute approximate surface area is 81.1 Å². The zero-order valence-electron chi connectivity index (χ0n) is 8.46. The van der Waals surface area contributed by atoms with E-state index in [0.29, 0.717) is 5.82 Å². The fourth-order valence-corrected chi connectivity index (χ4v) is 1.33. The Morgan fingerprint density at radius 2 is 1.93 bits per heavy atom. The first-order valence-electron chi connectivity index (χ1n) is 4.30. The van der Waals surface area contributed by atoms with Gasteiger partial charge in [0.2, 0.25) is 5.82 Å². The number of aromatic nitrogens is 3. The zero-order valence-corrected chi connectivity index (χ0v) is 8.46. The van der Waals surface area contributed by atoms with Crippen molar-refractivity contribution in [2.24, 2.45) is 5.73 Å². The lowest BCUT2D eigenvalue weighted by atomic mass is 10.1. The topological polar surface area (TPSA) is 56.7 Å². The van der Waals surface area contributed by atoms with Crippen LogP contribution in [0.25, 0.3) is 0 Å². The third kappa shape index (κ3) is 1.89. The van der Waals surface area contributed by atoms with Gasteiger partial charge in [-0.1, -0.05) is 0 Å². The lowest BCUT2D eigenvalue weighted by Gasteiger charge is -2.24. The molecular formula is C8H14F2N4. The Bertz CT molecular complexity index is 314. The van der Waals surface area contributed by atoms with Crippen LogP contribution in [0.3, 0.4) is 0 Å². The van der Waals surface area contributed by atoms with Gasteiger partial charge in [-0.15, -0.1) is 10.2 Å². The molecule has 0 aliphatic carbocycles. The van der Waals surface area contributed by atoms with Crippen LogP contribution in [0, 0.1) is 0 Å². The first kappa shape index (κ1) is 11.0. The highest BCUT2D eigenvalue weighted by Crippen LogP contribution is 2.24. The molecule has 0 saturated heterocycles. The maximum absolute atomic E-state index is 12.5. The number of nitrogens with zero attached hydrogens (tertiary/aromatic N) is 3. The van der Waals surface area contributed by atoms with Crippen LogP contribution in [-0.4, -0.2) is 14.8 Å². The fraction of sp³-hybridized carbons (Fsp3) is 0.750. The summed E-state index contributed by atoms with van der Waals surface area (Å²) in [6, 6.07) is 0. The van der Waals surface area contributed by atoms with Crippen molar-refractivity contribution in [3.63, 3.8) is 0 Å². The summed E-state index contributed by atoms with van der Waals surface area (Å²) in [6.07, 6.45) is -2.62. The average Bonchev–Trinajstić information content (AvgIpc) is 2.45. The Balaban J connectivity index is 3.27. The fourth-order valence-electron chi connectivity index (χ4n) is 1.33. The van der Waals surface area contributed by atoms with Crippen molar-refractivity contribution in [2.45, 2.75) is 39.3 Å². The van der Waals surface area contributed by atoms with E-state index in [0.717, 1.165) is 0 Å². The minimum Gasteiger partial charge on any atom is -0.324 e. The van der Waals surface area contributed by atoms with E-state index in [-0.39, 0.29) is 12.4 Å². The minimum atomic E-state index is -2.62. The average molecular weight is 204 g/mol. The van der Waals surface area contributed by atoms with E-state index in [1.54, 1.807) is 20.8 Å². The Morgan fingerprint density at radius 3 is 2.29 bits per heavy atom. The highest BCUT2D eigenvalue weighted by molar-refractivity contribution is 5.01. The van der Waals surface area contributed by atoms with Gasteiger partial charge in [-0.25, -0.2) is 8.78 Å². The van der Waals surface area contributed by atoms with Crippen LogP contribution in [0.4, 0.5) is 8.78 Å². The van der Waals surface area contributed by atoms with E-state index in [1.807, 2.05) is 0 Å². The van der Waals surface area contributed by atoms with E-state index in [1.165, 1.54) is 4.57 Å². The van der Waals surface area contributed by atoms with Gasteiger partial charge < -0.3 is 10.3 Å². The van der Waals surface area contributed by atoms with Gasteiger partial charge in [0, 0.05) is 5.54 Å². The number of hydrogen-bond donors (Lipinski definition) is 1. The van der Waals surface area contributed by atoms with Gasteiger partial charge in [0.05, 0.1) is 6.54 Å². The van der Waals surface area contributed by atoms with E-state index < -0.39 is 12.0 Å². The molecule has 1 aromatic rings. The molecular weight excluding hydrogens is 190 g/mol. The van der Waals surface area contributed by atoms with Gasteiger partial charge in [0.1, 0.15) is 5.82 Å². The minimum absolute atomic E-state index is 0.108. The van der Waals surface area contributed by atoms with E-state index in [4.69, 9.17) is 5.73 Å². The molecule has 1 rings (SSSR count). The number of nitrogens with two attached hydrogens (primary N) is 1. The zero-order chi connectivity index (χ0) is 10.9. The third-order valence-corrected chi connectivity index (χ3v) is 1.80. The molecule has 0 amide bonds. The molecule has 0 radical (unpaired) electrons. The number of rotatable bonds is 2. The normalized spacial score (nSPS) is 12.5. The summed E-state index contributed by atoms with van der Waals surface area (Å²) in [5, 5.41) is 7.07. The Kier molecular flexibility index (Phi) is 2.84. The molecule has 0 bridgehead atoms. The van der Waals surface area contributed by atoms with Gasteiger partial charge >= 0.3 is 0 Å². The SMILES string of the molecule is CC(C)(C)n1c(CN)nnc1C(F)F. The molecule has 2 N–H and O–H groups in total. The summed E-state index contributed by atoms with van der Waals surface area (Å²) in [5.41, 5.74) is 4.91. The lowest BCUT2D eigenvalue weighted by Crippen LogP contribution is -2.27. The van der Waals surface area contributed by atoms with Crippen molar-refractivity contribution < 1.29 is 8.78 Å². The molecule has 0 atom stereocenters. The van der Waals surface area contributed by atoms with Gasteiger partial charge in [-0.3, -0.25) is 0 Å². The Hall–Kier alpha value is -1.04. The summed E-state index contributed by atoms with van der Waals surface area (Å²) >= 11 is 0. The van der Waals surface area contributed by atoms with Crippen LogP contribution in [0.5, 0.6) is 0 Å². The molecule has 0 saturated carbocycles. The first-order chi connectivity index (χ1) is 6.38. The van der Waals surface area contributed by atoms with Crippen molar-refractivity contribution in [3.05, 3.63) is 11.6 Å². The summed E-state index contributed by atoms with van der Waals surface area (Å²) in [4.78, 5) is 0. The molecule has 80 valence electrons. The second-order valence-electron chi connectivity index (χ2n) is 3.99. The molecule has 0 unspecified atom stereocenters. The van der Waals surface area contributed by atoms with Crippen LogP contribution < -0.4 is 5.73 Å². The first-order valence-corrected chi connectivity index (χ1v) is 4.30. The van der Waals surface area contributed by atoms with Gasteiger partial charge in [0.25, 0.3) is 6.43 Å². The highest BCUT2D eigenvalue weighted by Gasteiger charge is 2.26. The summed E-state index contributed by atoms with van der Waals surface area (Å²) < 4.78 is 26.5. The molecule has 0 aliphatic heterocycles. The monoisotopic (exact) mass is 204 g/mol. The summed E-state index contributed by atoms with van der Waals surface area (Å²) in [5.74, 6) is 0.0609. The molecule has 4 nitrogen and oxygen atoms in total. The quantitative estimate of drug-likeness (QED) is 0.792. The van der Waals surface area contributed by atoms with E-state index in [9.17, 15) is 8.78 Å². The van der Waals surface area contributed by atoms with E-state index >= 15 is 0 Å². The number of hydrogen-bond acceptors (Lipinski definition) is 3. The largest absolute Gasteiger partial charge is 0.324 e. The second-order valence-corrected chi connectivity index (χ2v) is 3.99. The van der Waals surface area contributed by atoms with Crippen molar-refractivity contribution in [1.82, 2.24) is 14.8 Å². The number of alkyl halides is 2. The smallest absolute Gasteiger partial charge is 0.297 e. The van der Waals surface area contributed by atoms with Gasteiger partial charge in [-0.2, -0.15) is 0 Å². The molecule has 1 aromatic heterocycles. The second kappa shape index (κ2) is 3.61. The van der Waals surface area contributed by atoms with Crippen LogP contribution >= 0.6 is 0 Å². The van der Waals surface area contributed by atoms with Crippen LogP contribution in [-0.2, 0) is 12.1 Å². The molecule has 0 aliphatic rings. The maximum Gasteiger partial charge on any atom is 0.297 e. The number of halogens is 2. The molecule has 1 heterocycles. The Morgan fingerprint density at radius 1 is 1.36 bits per heavy atom. The van der Waals surface area contributed by atoms with Crippen molar-refractivity contribution in [1.29, 1.82) is 0 Å². The third-order valence-electron chi connectivity index (χ3n) is 1.80. The van der Waals surface area contributed by atoms with Crippen molar-refractivity contribution >= 4 is 0 Å². The van der Waals surface area contributed by atoms with Crippen LogP contribution in [0.2, 0.25) is 0 Å². The lowest BCUT2D eigenvalue weighted by molar-refractivity contribution is 0.127. The standard InChI is InChI=1S/C8H14F2N4/c1-8(2,3)14-5(4-11)12-13-7(14)6(9)10/h6H,4,11H2,1-3H3. The molecule has 14 heavy (non-hydrogen) atoms.